The van der Waals surface area contributed by atoms with Crippen molar-refractivity contribution in [1.82, 2.24) is 10.2 Å². The van der Waals surface area contributed by atoms with Crippen molar-refractivity contribution in [3.8, 4) is 0 Å². The number of alkyl halides is 3. The Balaban J connectivity index is 2.37. The fourth-order valence-corrected chi connectivity index (χ4v) is 2.22. The summed E-state index contributed by atoms with van der Waals surface area (Å²) in [5, 5.41) is 2.95. The van der Waals surface area contributed by atoms with Crippen LogP contribution in [0.5, 0.6) is 0 Å². The summed E-state index contributed by atoms with van der Waals surface area (Å²) >= 11 is 0. The monoisotopic (exact) mass is 266 g/mol. The molecule has 0 aliphatic heterocycles. The van der Waals surface area contributed by atoms with Gasteiger partial charge in [-0.05, 0) is 26.2 Å². The molecule has 1 aliphatic rings. The van der Waals surface area contributed by atoms with Gasteiger partial charge in [-0.2, -0.15) is 13.2 Å². The van der Waals surface area contributed by atoms with Gasteiger partial charge in [0.2, 0.25) is 5.91 Å². The number of carbonyl (C=O) groups is 1. The largest absolute Gasteiger partial charge is 0.391 e. The number of rotatable bonds is 4. The summed E-state index contributed by atoms with van der Waals surface area (Å²) in [7, 11) is 1.68. The number of amides is 1. The second-order valence-electron chi connectivity index (χ2n) is 4.89. The quantitative estimate of drug-likeness (QED) is 0.846. The molecule has 1 N–H and O–H groups in total. The summed E-state index contributed by atoms with van der Waals surface area (Å²) in [5.41, 5.74) is 0. The first kappa shape index (κ1) is 15.3. The third-order valence-electron chi connectivity index (χ3n) is 3.58. The smallest absolute Gasteiger partial charge is 0.345 e. The maximum atomic E-state index is 12.6. The highest BCUT2D eigenvalue weighted by Crippen LogP contribution is 2.37. The summed E-state index contributed by atoms with van der Waals surface area (Å²) in [6, 6.07) is -0.195. The molecule has 3 nitrogen and oxygen atoms in total. The molecule has 2 unspecified atom stereocenters. The van der Waals surface area contributed by atoms with Crippen LogP contribution in [0.4, 0.5) is 13.2 Å². The van der Waals surface area contributed by atoms with E-state index in [1.165, 1.54) is 0 Å². The minimum atomic E-state index is -4.11. The number of hydrogen-bond acceptors (Lipinski definition) is 2. The Hall–Kier alpha value is -0.780. The molecule has 2 atom stereocenters. The molecule has 0 aromatic carbocycles. The summed E-state index contributed by atoms with van der Waals surface area (Å²) in [6.07, 6.45) is -2.52. The zero-order valence-corrected chi connectivity index (χ0v) is 10.9. The summed E-state index contributed by atoms with van der Waals surface area (Å²) < 4.78 is 37.8. The van der Waals surface area contributed by atoms with Crippen LogP contribution in [-0.2, 0) is 4.79 Å². The van der Waals surface area contributed by atoms with Crippen molar-refractivity contribution in [3.05, 3.63) is 0 Å². The zero-order chi connectivity index (χ0) is 13.8. The number of nitrogens with zero attached hydrogens (tertiary/aromatic N) is 1. The van der Waals surface area contributed by atoms with Crippen LogP contribution in [0.3, 0.4) is 0 Å². The first-order valence-electron chi connectivity index (χ1n) is 6.38. The van der Waals surface area contributed by atoms with Crippen LogP contribution in [-0.4, -0.2) is 43.2 Å². The Morgan fingerprint density at radius 2 is 2.06 bits per heavy atom. The second kappa shape index (κ2) is 6.41. The van der Waals surface area contributed by atoms with Gasteiger partial charge in [-0.3, -0.25) is 4.79 Å². The molecule has 1 saturated carbocycles. The van der Waals surface area contributed by atoms with E-state index >= 15 is 0 Å². The predicted molar refractivity (Wildman–Crippen MR) is 63.1 cm³/mol. The topological polar surface area (TPSA) is 32.3 Å². The molecule has 0 radical (unpaired) electrons. The maximum Gasteiger partial charge on any atom is 0.391 e. The molecule has 0 bridgehead atoms. The number of nitrogens with one attached hydrogen (secondary N) is 1. The molecule has 1 aliphatic carbocycles. The molecule has 1 amide bonds. The molecule has 1 fully saturated rings. The van der Waals surface area contributed by atoms with Crippen molar-refractivity contribution in [2.45, 2.75) is 44.8 Å². The lowest BCUT2D eigenvalue weighted by atomic mass is 9.85. The van der Waals surface area contributed by atoms with Gasteiger partial charge in [-0.25, -0.2) is 0 Å². The molecule has 6 heteroatoms. The fourth-order valence-electron chi connectivity index (χ4n) is 2.22. The van der Waals surface area contributed by atoms with Crippen LogP contribution in [0.15, 0.2) is 0 Å². The molecule has 18 heavy (non-hydrogen) atoms. The van der Waals surface area contributed by atoms with Crippen LogP contribution >= 0.6 is 0 Å². The van der Waals surface area contributed by atoms with E-state index in [1.807, 2.05) is 6.92 Å². The number of hydrogen-bond donors (Lipinski definition) is 1. The lowest BCUT2D eigenvalue weighted by Crippen LogP contribution is -2.43. The zero-order valence-electron chi connectivity index (χ0n) is 10.9. The van der Waals surface area contributed by atoms with Crippen molar-refractivity contribution in [1.29, 1.82) is 0 Å². The van der Waals surface area contributed by atoms with Crippen LogP contribution in [0.2, 0.25) is 0 Å². The molecule has 1 rings (SSSR count). The minimum absolute atomic E-state index is 0.0772. The van der Waals surface area contributed by atoms with E-state index in [0.29, 0.717) is 13.0 Å². The Bertz CT molecular complexity index is 281. The lowest BCUT2D eigenvalue weighted by Gasteiger charge is -2.31. The highest BCUT2D eigenvalue weighted by Gasteiger charge is 2.42. The van der Waals surface area contributed by atoms with Crippen LogP contribution in [0.25, 0.3) is 0 Å². The minimum Gasteiger partial charge on any atom is -0.345 e. The van der Waals surface area contributed by atoms with Gasteiger partial charge < -0.3 is 10.2 Å². The van der Waals surface area contributed by atoms with Crippen molar-refractivity contribution >= 4 is 5.91 Å². The molecular weight excluding hydrogens is 245 g/mol. The Labute approximate surface area is 106 Å². The first-order chi connectivity index (χ1) is 8.34. The average Bonchev–Trinajstić information content (AvgIpc) is 2.34. The predicted octanol–water partition coefficient (Wildman–Crippen LogP) is 2.18. The van der Waals surface area contributed by atoms with Gasteiger partial charge in [-0.15, -0.1) is 0 Å². The van der Waals surface area contributed by atoms with E-state index in [-0.39, 0.29) is 31.3 Å². The standard InChI is InChI=1S/C12H21F3N2O/c1-3-17(2)11(18)8-16-10-6-4-5-9(7-10)12(13,14)15/h9-10,16H,3-8H2,1-2H3. The summed E-state index contributed by atoms with van der Waals surface area (Å²) in [5.74, 6) is -1.30. The number of likely N-dealkylation sites (N-methyl/N-ethyl adjacent to an activating group) is 1. The maximum absolute atomic E-state index is 12.6. The van der Waals surface area contributed by atoms with Gasteiger partial charge in [0.1, 0.15) is 0 Å². The van der Waals surface area contributed by atoms with E-state index in [0.717, 1.165) is 6.42 Å². The number of carbonyl (C=O) groups excluding carboxylic acids is 1. The van der Waals surface area contributed by atoms with Gasteiger partial charge in [0.05, 0.1) is 12.5 Å². The first-order valence-corrected chi connectivity index (χ1v) is 6.38. The fraction of sp³-hybridized carbons (Fsp3) is 0.917. The molecule has 106 valence electrons. The Morgan fingerprint density at radius 1 is 1.39 bits per heavy atom. The third kappa shape index (κ3) is 4.48. The lowest BCUT2D eigenvalue weighted by molar-refractivity contribution is -0.183. The van der Waals surface area contributed by atoms with E-state index in [2.05, 4.69) is 5.32 Å². The van der Waals surface area contributed by atoms with Gasteiger partial charge >= 0.3 is 6.18 Å². The molecule has 0 aromatic heterocycles. The van der Waals surface area contributed by atoms with Crippen LogP contribution < -0.4 is 5.32 Å². The van der Waals surface area contributed by atoms with Crippen molar-refractivity contribution < 1.29 is 18.0 Å². The van der Waals surface area contributed by atoms with Gasteiger partial charge in [0, 0.05) is 19.6 Å². The van der Waals surface area contributed by atoms with Gasteiger partial charge in [0.15, 0.2) is 0 Å². The van der Waals surface area contributed by atoms with E-state index in [4.69, 9.17) is 0 Å². The Kier molecular flexibility index (Phi) is 5.44. The van der Waals surface area contributed by atoms with Crippen molar-refractivity contribution in [2.24, 2.45) is 5.92 Å². The average molecular weight is 266 g/mol. The third-order valence-corrected chi connectivity index (χ3v) is 3.58. The molecule has 0 aromatic rings. The second-order valence-corrected chi connectivity index (χ2v) is 4.89. The van der Waals surface area contributed by atoms with Gasteiger partial charge in [0.25, 0.3) is 0 Å². The van der Waals surface area contributed by atoms with Crippen molar-refractivity contribution in [3.63, 3.8) is 0 Å². The van der Waals surface area contributed by atoms with Crippen molar-refractivity contribution in [2.75, 3.05) is 20.1 Å². The van der Waals surface area contributed by atoms with E-state index < -0.39 is 12.1 Å². The molecule has 0 saturated heterocycles. The van der Waals surface area contributed by atoms with E-state index in [9.17, 15) is 18.0 Å². The molecular formula is C12H21F3N2O. The highest BCUT2D eigenvalue weighted by molar-refractivity contribution is 5.77. The SMILES string of the molecule is CCN(C)C(=O)CNC1CCCC(C(F)(F)F)C1. The Morgan fingerprint density at radius 3 is 2.61 bits per heavy atom. The van der Waals surface area contributed by atoms with Gasteiger partial charge in [-0.1, -0.05) is 6.42 Å². The molecule has 0 heterocycles. The molecule has 0 spiro atoms. The van der Waals surface area contributed by atoms with Crippen LogP contribution in [0.1, 0.15) is 32.6 Å². The van der Waals surface area contributed by atoms with E-state index in [1.54, 1.807) is 11.9 Å². The normalized spacial score (nSPS) is 24.9. The number of halogens is 3. The highest BCUT2D eigenvalue weighted by atomic mass is 19.4. The van der Waals surface area contributed by atoms with Crippen LogP contribution in [0, 0.1) is 5.92 Å². The summed E-state index contributed by atoms with van der Waals surface area (Å²) in [4.78, 5) is 13.1. The summed E-state index contributed by atoms with van der Waals surface area (Å²) in [6.45, 7) is 2.59.